The van der Waals surface area contributed by atoms with Crippen LogP contribution >= 0.6 is 0 Å². The number of hydrogen-bond acceptors (Lipinski definition) is 2. The zero-order valence-corrected chi connectivity index (χ0v) is 14.2. The highest BCUT2D eigenvalue weighted by molar-refractivity contribution is 5.83. The maximum absolute atomic E-state index is 12.1. The number of nitrogens with zero attached hydrogens (tertiary/aromatic N) is 1. The maximum atomic E-state index is 12.1. The molecule has 2 nitrogen and oxygen atoms in total. The van der Waals surface area contributed by atoms with E-state index in [-0.39, 0.29) is 5.92 Å². The summed E-state index contributed by atoms with van der Waals surface area (Å²) in [4.78, 5) is 14.9. The molecule has 0 bridgehead atoms. The van der Waals surface area contributed by atoms with E-state index in [2.05, 4.69) is 25.7 Å². The topological polar surface area (TPSA) is 20.3 Å². The molecule has 0 aromatic carbocycles. The van der Waals surface area contributed by atoms with Gasteiger partial charge >= 0.3 is 0 Å². The average Bonchev–Trinajstić information content (AvgIpc) is 2.45. The smallest absolute Gasteiger partial charge is 0.138 e. The first-order valence-electron chi connectivity index (χ1n) is 9.27. The van der Waals surface area contributed by atoms with Crippen molar-refractivity contribution in [3.05, 3.63) is 0 Å². The summed E-state index contributed by atoms with van der Waals surface area (Å²) in [7, 11) is 0. The summed E-state index contributed by atoms with van der Waals surface area (Å²) in [6, 6.07) is 0.850. The van der Waals surface area contributed by atoms with Crippen LogP contribution < -0.4 is 0 Å². The summed E-state index contributed by atoms with van der Waals surface area (Å²) in [5.74, 6) is 2.09. The summed E-state index contributed by atoms with van der Waals surface area (Å²) in [6.45, 7) is 9.16. The number of hydrogen-bond donors (Lipinski definition) is 0. The molecule has 2 aliphatic carbocycles. The van der Waals surface area contributed by atoms with E-state index in [1.165, 1.54) is 64.5 Å². The minimum Gasteiger partial charge on any atom is -0.300 e. The fourth-order valence-corrected chi connectivity index (χ4v) is 5.04. The summed E-state index contributed by atoms with van der Waals surface area (Å²) >= 11 is 0. The molecule has 0 aromatic rings. The van der Waals surface area contributed by atoms with Gasteiger partial charge in [0.15, 0.2) is 0 Å². The molecular weight excluding hydrogens is 258 g/mol. The van der Waals surface area contributed by atoms with Crippen molar-refractivity contribution in [1.82, 2.24) is 4.90 Å². The number of carbonyl (C=O) groups excluding carboxylic acids is 1. The Balaban J connectivity index is 1.45. The predicted molar refractivity (Wildman–Crippen MR) is 87.2 cm³/mol. The lowest BCUT2D eigenvalue weighted by Crippen LogP contribution is -2.49. The molecule has 0 amide bonds. The van der Waals surface area contributed by atoms with Gasteiger partial charge in [0, 0.05) is 17.9 Å². The van der Waals surface area contributed by atoms with Crippen molar-refractivity contribution in [3.8, 4) is 0 Å². The van der Waals surface area contributed by atoms with Gasteiger partial charge in [0.1, 0.15) is 5.78 Å². The molecule has 120 valence electrons. The van der Waals surface area contributed by atoms with Crippen molar-refractivity contribution < 1.29 is 4.79 Å². The maximum Gasteiger partial charge on any atom is 0.138 e. The fourth-order valence-electron chi connectivity index (χ4n) is 5.04. The van der Waals surface area contributed by atoms with Crippen molar-refractivity contribution in [2.75, 3.05) is 13.1 Å². The highest BCUT2D eigenvalue weighted by Gasteiger charge is 2.49. The largest absolute Gasteiger partial charge is 0.300 e. The highest BCUT2D eigenvalue weighted by atomic mass is 16.1. The average molecular weight is 291 g/mol. The molecule has 2 saturated carbocycles. The van der Waals surface area contributed by atoms with E-state index in [9.17, 15) is 4.79 Å². The summed E-state index contributed by atoms with van der Waals surface area (Å²) in [6.07, 6.45) is 10.7. The normalized spacial score (nSPS) is 38.7. The molecular formula is C19H33NO. The Morgan fingerprint density at radius 3 is 2.14 bits per heavy atom. The van der Waals surface area contributed by atoms with Gasteiger partial charge in [-0.3, -0.25) is 4.79 Å². The zero-order chi connectivity index (χ0) is 15.0. The monoisotopic (exact) mass is 291 g/mol. The van der Waals surface area contributed by atoms with Gasteiger partial charge in [-0.15, -0.1) is 0 Å². The van der Waals surface area contributed by atoms with Crippen LogP contribution in [0.4, 0.5) is 0 Å². The number of carbonyl (C=O) groups is 1. The van der Waals surface area contributed by atoms with Crippen molar-refractivity contribution >= 4 is 5.78 Å². The standard InChI is InChI=1S/C19H33NO/c1-14(2)18(21)16-12-19(13-16)8-4-17(5-9-19)20-10-6-15(3)7-11-20/h14-17H,4-13H2,1-3H3. The Hall–Kier alpha value is -0.370. The van der Waals surface area contributed by atoms with E-state index >= 15 is 0 Å². The molecule has 0 aromatic heterocycles. The van der Waals surface area contributed by atoms with Crippen molar-refractivity contribution in [3.63, 3.8) is 0 Å². The van der Waals surface area contributed by atoms with Crippen molar-refractivity contribution in [2.45, 2.75) is 78.2 Å². The van der Waals surface area contributed by atoms with Crippen LogP contribution in [0, 0.1) is 23.2 Å². The lowest BCUT2D eigenvalue weighted by molar-refractivity contribution is -0.135. The van der Waals surface area contributed by atoms with Crippen LogP contribution in [0.5, 0.6) is 0 Å². The SMILES string of the molecule is CC1CCN(C2CCC3(CC2)CC(C(=O)C(C)C)C3)CC1. The number of piperidine rings is 1. The summed E-state index contributed by atoms with van der Waals surface area (Å²) < 4.78 is 0. The number of rotatable bonds is 3. The van der Waals surface area contributed by atoms with Gasteiger partial charge < -0.3 is 4.90 Å². The van der Waals surface area contributed by atoms with Gasteiger partial charge in [0.05, 0.1) is 0 Å². The molecule has 21 heavy (non-hydrogen) atoms. The lowest BCUT2D eigenvalue weighted by atomic mass is 9.53. The van der Waals surface area contributed by atoms with E-state index in [0.717, 1.165) is 12.0 Å². The van der Waals surface area contributed by atoms with E-state index < -0.39 is 0 Å². The molecule has 3 aliphatic rings. The Bertz CT molecular complexity index is 365. The molecule has 2 heteroatoms. The Morgan fingerprint density at radius 1 is 1.05 bits per heavy atom. The minimum atomic E-state index is 0.235. The first-order valence-corrected chi connectivity index (χ1v) is 9.27. The molecule has 0 atom stereocenters. The quantitative estimate of drug-likeness (QED) is 0.773. The fraction of sp³-hybridized carbons (Fsp3) is 0.947. The molecule has 1 saturated heterocycles. The van der Waals surface area contributed by atoms with E-state index in [4.69, 9.17) is 0 Å². The van der Waals surface area contributed by atoms with Crippen molar-refractivity contribution in [1.29, 1.82) is 0 Å². The van der Waals surface area contributed by atoms with Gasteiger partial charge in [-0.2, -0.15) is 0 Å². The Morgan fingerprint density at radius 2 is 1.62 bits per heavy atom. The zero-order valence-electron chi connectivity index (χ0n) is 14.2. The molecule has 1 heterocycles. The van der Waals surface area contributed by atoms with Gasteiger partial charge in [-0.25, -0.2) is 0 Å². The first-order chi connectivity index (χ1) is 9.99. The van der Waals surface area contributed by atoms with Crippen LogP contribution in [0.2, 0.25) is 0 Å². The van der Waals surface area contributed by atoms with E-state index in [1.807, 2.05) is 0 Å². The lowest BCUT2D eigenvalue weighted by Gasteiger charge is -2.53. The molecule has 1 aliphatic heterocycles. The van der Waals surface area contributed by atoms with Gasteiger partial charge in [-0.05, 0) is 75.8 Å². The van der Waals surface area contributed by atoms with Crippen LogP contribution in [0.3, 0.4) is 0 Å². The third kappa shape index (κ3) is 3.21. The third-order valence-corrected chi connectivity index (χ3v) is 6.68. The Kier molecular flexibility index (Phi) is 4.45. The van der Waals surface area contributed by atoms with Crippen LogP contribution in [-0.2, 0) is 4.79 Å². The molecule has 1 spiro atoms. The van der Waals surface area contributed by atoms with E-state index in [1.54, 1.807) is 0 Å². The second kappa shape index (κ2) is 6.02. The van der Waals surface area contributed by atoms with E-state index in [0.29, 0.717) is 17.1 Å². The van der Waals surface area contributed by atoms with Crippen LogP contribution in [-0.4, -0.2) is 29.8 Å². The molecule has 0 N–H and O–H groups in total. The van der Waals surface area contributed by atoms with Crippen LogP contribution in [0.25, 0.3) is 0 Å². The van der Waals surface area contributed by atoms with Crippen LogP contribution in [0.1, 0.15) is 72.1 Å². The Labute approximate surface area is 130 Å². The summed E-state index contributed by atoms with van der Waals surface area (Å²) in [5.41, 5.74) is 0.564. The minimum absolute atomic E-state index is 0.235. The number of ketones is 1. The second-order valence-corrected chi connectivity index (χ2v) is 8.61. The van der Waals surface area contributed by atoms with Crippen molar-refractivity contribution in [2.24, 2.45) is 23.2 Å². The summed E-state index contributed by atoms with van der Waals surface area (Å²) in [5, 5.41) is 0. The molecule has 0 radical (unpaired) electrons. The first kappa shape index (κ1) is 15.5. The third-order valence-electron chi connectivity index (χ3n) is 6.68. The number of likely N-dealkylation sites (tertiary alicyclic amines) is 1. The van der Waals surface area contributed by atoms with Gasteiger partial charge in [0.25, 0.3) is 0 Å². The highest BCUT2D eigenvalue weighted by Crippen LogP contribution is 2.56. The van der Waals surface area contributed by atoms with Crippen LogP contribution in [0.15, 0.2) is 0 Å². The van der Waals surface area contributed by atoms with Gasteiger partial charge in [-0.1, -0.05) is 20.8 Å². The number of Topliss-reactive ketones (excluding diaryl/α,β-unsaturated/α-hetero) is 1. The van der Waals surface area contributed by atoms with Gasteiger partial charge in [0.2, 0.25) is 0 Å². The predicted octanol–water partition coefficient (Wildman–Crippen LogP) is 4.28. The molecule has 0 unspecified atom stereocenters. The second-order valence-electron chi connectivity index (χ2n) is 8.61. The molecule has 3 fully saturated rings. The molecule has 3 rings (SSSR count).